The first-order chi connectivity index (χ1) is 14.2. The summed E-state index contributed by atoms with van der Waals surface area (Å²) < 4.78 is 0. The average Bonchev–Trinajstić information content (AvgIpc) is 2.78. The number of aromatic nitrogens is 2. The number of anilines is 2. The van der Waals surface area contributed by atoms with Gasteiger partial charge in [0, 0.05) is 44.4 Å². The number of likely N-dealkylation sites (N-methyl/N-ethyl adjacent to an activating group) is 1. The van der Waals surface area contributed by atoms with Gasteiger partial charge in [0.2, 0.25) is 0 Å². The van der Waals surface area contributed by atoms with Crippen LogP contribution in [-0.4, -0.2) is 47.6 Å². The molecule has 1 N–H and O–H groups in total. The number of hydrogen-bond acceptors (Lipinski definition) is 5. The van der Waals surface area contributed by atoms with Gasteiger partial charge in [-0.15, -0.1) is 0 Å². The van der Waals surface area contributed by atoms with Crippen LogP contribution in [0.2, 0.25) is 0 Å². The predicted octanol–water partition coefficient (Wildman–Crippen LogP) is 4.21. The minimum Gasteiger partial charge on any atom is -0.366 e. The highest BCUT2D eigenvalue weighted by atomic mass is 15.3. The summed E-state index contributed by atoms with van der Waals surface area (Å²) in [6, 6.07) is 20.9. The van der Waals surface area contributed by atoms with E-state index in [2.05, 4.69) is 71.4 Å². The van der Waals surface area contributed by atoms with Gasteiger partial charge in [-0.2, -0.15) is 0 Å². The fourth-order valence-electron chi connectivity index (χ4n) is 3.71. The Bertz CT molecular complexity index is 933. The topological polar surface area (TPSA) is 44.3 Å². The van der Waals surface area contributed by atoms with Crippen LogP contribution in [0.4, 0.5) is 11.6 Å². The number of benzene rings is 2. The van der Waals surface area contributed by atoms with Crippen molar-refractivity contribution in [3.63, 3.8) is 0 Å². The van der Waals surface area contributed by atoms with E-state index in [4.69, 9.17) is 9.97 Å². The first-order valence-electron chi connectivity index (χ1n) is 10.4. The van der Waals surface area contributed by atoms with Crippen LogP contribution in [0.15, 0.2) is 60.7 Å². The number of nitrogens with zero attached hydrogens (tertiary/aromatic N) is 4. The van der Waals surface area contributed by atoms with Gasteiger partial charge in [0.15, 0.2) is 5.82 Å². The third-order valence-corrected chi connectivity index (χ3v) is 5.44. The summed E-state index contributed by atoms with van der Waals surface area (Å²) in [5.41, 5.74) is 3.56. The summed E-state index contributed by atoms with van der Waals surface area (Å²) in [5.74, 6) is 2.64. The molecule has 0 amide bonds. The molecule has 5 nitrogen and oxygen atoms in total. The molecule has 0 unspecified atom stereocenters. The second-order valence-electron chi connectivity index (χ2n) is 7.56. The van der Waals surface area contributed by atoms with Gasteiger partial charge in [-0.25, -0.2) is 9.97 Å². The van der Waals surface area contributed by atoms with E-state index in [0.29, 0.717) is 0 Å². The summed E-state index contributed by atoms with van der Waals surface area (Å²) in [6.45, 7) is 10.3. The number of hydrogen-bond donors (Lipinski definition) is 1. The summed E-state index contributed by atoms with van der Waals surface area (Å²) >= 11 is 0. The largest absolute Gasteiger partial charge is 0.366 e. The molecule has 0 bridgehead atoms. The Morgan fingerprint density at radius 2 is 1.69 bits per heavy atom. The molecule has 1 fully saturated rings. The molecule has 0 saturated carbocycles. The number of aryl methyl sites for hydroxylation is 1. The molecule has 0 atom stereocenters. The maximum absolute atomic E-state index is 4.90. The first kappa shape index (κ1) is 19.4. The van der Waals surface area contributed by atoms with E-state index in [-0.39, 0.29) is 0 Å². The molecule has 0 aliphatic carbocycles. The zero-order valence-corrected chi connectivity index (χ0v) is 17.3. The Labute approximate surface area is 173 Å². The fourth-order valence-corrected chi connectivity index (χ4v) is 3.71. The minimum atomic E-state index is 0.746. The molecule has 1 aromatic heterocycles. The van der Waals surface area contributed by atoms with Crippen molar-refractivity contribution in [3.8, 4) is 11.4 Å². The van der Waals surface area contributed by atoms with E-state index in [1.54, 1.807) is 0 Å². The Balaban J connectivity index is 1.59. The first-order valence-corrected chi connectivity index (χ1v) is 10.4. The summed E-state index contributed by atoms with van der Waals surface area (Å²) in [7, 11) is 0. The molecular weight excluding hydrogens is 358 g/mol. The standard InChI is InChI=1S/C24H29N5/c1-3-28-12-14-29(15-13-28)23-17-22(25-18-20-9-7-8-19(2)16-20)26-24(27-23)21-10-5-4-6-11-21/h4-11,16-17H,3,12-15,18H2,1-2H3,(H,25,26,27). The van der Waals surface area contributed by atoms with Crippen molar-refractivity contribution >= 4 is 11.6 Å². The third kappa shape index (κ3) is 4.93. The monoisotopic (exact) mass is 387 g/mol. The molecule has 1 saturated heterocycles. The van der Waals surface area contributed by atoms with Gasteiger partial charge in [-0.3, -0.25) is 0 Å². The Morgan fingerprint density at radius 1 is 0.897 bits per heavy atom. The number of piperazine rings is 1. The van der Waals surface area contributed by atoms with E-state index in [1.165, 1.54) is 11.1 Å². The van der Waals surface area contributed by atoms with Crippen LogP contribution in [0.3, 0.4) is 0 Å². The Kier molecular flexibility index (Phi) is 6.06. The molecule has 2 heterocycles. The van der Waals surface area contributed by atoms with Gasteiger partial charge in [0.25, 0.3) is 0 Å². The number of rotatable bonds is 6. The lowest BCUT2D eigenvalue weighted by Gasteiger charge is -2.35. The van der Waals surface area contributed by atoms with Crippen LogP contribution in [0, 0.1) is 6.92 Å². The normalized spacial score (nSPS) is 14.8. The quantitative estimate of drug-likeness (QED) is 0.687. The van der Waals surface area contributed by atoms with Crippen molar-refractivity contribution in [1.82, 2.24) is 14.9 Å². The van der Waals surface area contributed by atoms with Crippen LogP contribution >= 0.6 is 0 Å². The van der Waals surface area contributed by atoms with Crippen molar-refractivity contribution in [1.29, 1.82) is 0 Å². The zero-order valence-electron chi connectivity index (χ0n) is 17.3. The molecule has 1 aliphatic heterocycles. The maximum Gasteiger partial charge on any atom is 0.163 e. The van der Waals surface area contributed by atoms with Gasteiger partial charge in [0.1, 0.15) is 11.6 Å². The molecule has 150 valence electrons. The van der Waals surface area contributed by atoms with Gasteiger partial charge >= 0.3 is 0 Å². The molecule has 4 rings (SSSR count). The summed E-state index contributed by atoms with van der Waals surface area (Å²) in [4.78, 5) is 14.6. The predicted molar refractivity (Wildman–Crippen MR) is 120 cm³/mol. The van der Waals surface area contributed by atoms with E-state index >= 15 is 0 Å². The van der Waals surface area contributed by atoms with Gasteiger partial charge in [-0.05, 0) is 19.0 Å². The van der Waals surface area contributed by atoms with E-state index in [1.807, 2.05) is 18.2 Å². The highest BCUT2D eigenvalue weighted by Gasteiger charge is 2.18. The lowest BCUT2D eigenvalue weighted by atomic mass is 10.1. The van der Waals surface area contributed by atoms with Crippen molar-refractivity contribution < 1.29 is 0 Å². The van der Waals surface area contributed by atoms with E-state index in [9.17, 15) is 0 Å². The van der Waals surface area contributed by atoms with Crippen molar-refractivity contribution in [3.05, 3.63) is 71.8 Å². The summed E-state index contributed by atoms with van der Waals surface area (Å²) in [5, 5.41) is 3.51. The van der Waals surface area contributed by atoms with Gasteiger partial charge in [0.05, 0.1) is 0 Å². The average molecular weight is 388 g/mol. The second-order valence-corrected chi connectivity index (χ2v) is 7.56. The Morgan fingerprint density at radius 3 is 2.41 bits per heavy atom. The van der Waals surface area contributed by atoms with Crippen LogP contribution in [0.1, 0.15) is 18.1 Å². The highest BCUT2D eigenvalue weighted by Crippen LogP contribution is 2.24. The zero-order chi connectivity index (χ0) is 20.1. The van der Waals surface area contributed by atoms with E-state index < -0.39 is 0 Å². The van der Waals surface area contributed by atoms with Crippen LogP contribution in [-0.2, 0) is 6.54 Å². The fraction of sp³-hybridized carbons (Fsp3) is 0.333. The van der Waals surface area contributed by atoms with Crippen molar-refractivity contribution in [2.45, 2.75) is 20.4 Å². The molecule has 0 spiro atoms. The Hall–Kier alpha value is -2.92. The van der Waals surface area contributed by atoms with Crippen LogP contribution in [0.5, 0.6) is 0 Å². The van der Waals surface area contributed by atoms with Crippen LogP contribution in [0.25, 0.3) is 11.4 Å². The van der Waals surface area contributed by atoms with Crippen molar-refractivity contribution in [2.75, 3.05) is 42.9 Å². The van der Waals surface area contributed by atoms with E-state index in [0.717, 1.165) is 62.3 Å². The lowest BCUT2D eigenvalue weighted by molar-refractivity contribution is 0.270. The summed E-state index contributed by atoms with van der Waals surface area (Å²) in [6.07, 6.45) is 0. The smallest absolute Gasteiger partial charge is 0.163 e. The SMILES string of the molecule is CCN1CCN(c2cc(NCc3cccc(C)c3)nc(-c3ccccc3)n2)CC1. The molecule has 0 radical (unpaired) electrons. The van der Waals surface area contributed by atoms with Gasteiger partial charge in [-0.1, -0.05) is 67.1 Å². The second kappa shape index (κ2) is 9.05. The maximum atomic E-state index is 4.90. The number of nitrogens with one attached hydrogen (secondary N) is 1. The third-order valence-electron chi connectivity index (χ3n) is 5.44. The highest BCUT2D eigenvalue weighted by molar-refractivity contribution is 5.62. The molecule has 1 aliphatic rings. The molecule has 5 heteroatoms. The van der Waals surface area contributed by atoms with Crippen LogP contribution < -0.4 is 10.2 Å². The molecule has 2 aromatic carbocycles. The molecule has 3 aromatic rings. The minimum absolute atomic E-state index is 0.746. The molecule has 29 heavy (non-hydrogen) atoms. The molecular formula is C24H29N5. The van der Waals surface area contributed by atoms with Gasteiger partial charge < -0.3 is 15.1 Å². The lowest BCUT2D eigenvalue weighted by Crippen LogP contribution is -2.46. The van der Waals surface area contributed by atoms with Crippen molar-refractivity contribution in [2.24, 2.45) is 0 Å².